The average molecular weight is 261 g/mol. The molecule has 1 aliphatic rings. The molecule has 1 unspecified atom stereocenters. The third-order valence-corrected chi connectivity index (χ3v) is 2.61. The van der Waals surface area contributed by atoms with Crippen molar-refractivity contribution in [3.05, 3.63) is 11.7 Å². The molecular formula is C10H17ClN4O2. The number of nitrogens with one attached hydrogen (secondary N) is 2. The third kappa shape index (κ3) is 4.32. The lowest BCUT2D eigenvalue weighted by atomic mass is 10.1. The summed E-state index contributed by atoms with van der Waals surface area (Å²) in [4.78, 5) is 15.5. The minimum atomic E-state index is 0. The predicted octanol–water partition coefficient (Wildman–Crippen LogP) is 0.558. The van der Waals surface area contributed by atoms with E-state index >= 15 is 0 Å². The van der Waals surface area contributed by atoms with Gasteiger partial charge in [0, 0.05) is 19.4 Å². The van der Waals surface area contributed by atoms with Crippen molar-refractivity contribution in [1.29, 1.82) is 0 Å². The Hall–Kier alpha value is -1.14. The van der Waals surface area contributed by atoms with Crippen molar-refractivity contribution >= 4 is 18.3 Å². The van der Waals surface area contributed by atoms with Crippen molar-refractivity contribution in [3.8, 4) is 0 Å². The molecule has 1 amide bonds. The molecule has 0 spiro atoms. The number of carbonyl (C=O) groups excluding carboxylic acids is 1. The Morgan fingerprint density at radius 2 is 2.47 bits per heavy atom. The summed E-state index contributed by atoms with van der Waals surface area (Å²) in [5.74, 6) is 1.06. The largest absolute Gasteiger partial charge is 0.349 e. The van der Waals surface area contributed by atoms with Gasteiger partial charge in [-0.2, -0.15) is 4.98 Å². The van der Waals surface area contributed by atoms with Gasteiger partial charge in [-0.15, -0.1) is 12.4 Å². The second-order valence-corrected chi connectivity index (χ2v) is 4.00. The summed E-state index contributed by atoms with van der Waals surface area (Å²) in [7, 11) is 0. The van der Waals surface area contributed by atoms with Crippen LogP contribution >= 0.6 is 12.4 Å². The summed E-state index contributed by atoms with van der Waals surface area (Å²) in [6, 6.07) is 0.326. The number of amides is 1. The lowest BCUT2D eigenvalue weighted by Crippen LogP contribution is -2.31. The number of nitrogens with zero attached hydrogens (tertiary/aromatic N) is 2. The average Bonchev–Trinajstić information content (AvgIpc) is 2.87. The van der Waals surface area contributed by atoms with E-state index in [0.29, 0.717) is 30.7 Å². The molecule has 2 rings (SSSR count). The number of rotatable bonds is 4. The zero-order chi connectivity index (χ0) is 11.4. The second kappa shape index (κ2) is 6.56. The molecule has 2 N–H and O–H groups in total. The molecule has 1 aliphatic heterocycles. The molecular weight excluding hydrogens is 244 g/mol. The van der Waals surface area contributed by atoms with E-state index in [4.69, 9.17) is 4.52 Å². The molecule has 1 aromatic rings. The zero-order valence-corrected chi connectivity index (χ0v) is 10.5. The van der Waals surface area contributed by atoms with E-state index in [-0.39, 0.29) is 18.3 Å². The molecule has 1 atom stereocenters. The normalized spacial score (nSPS) is 18.8. The van der Waals surface area contributed by atoms with Crippen LogP contribution in [0.15, 0.2) is 4.52 Å². The minimum absolute atomic E-state index is 0. The Labute approximate surface area is 106 Å². The molecule has 7 heteroatoms. The first-order valence-electron chi connectivity index (χ1n) is 5.53. The summed E-state index contributed by atoms with van der Waals surface area (Å²) in [5.41, 5.74) is 0. The molecule has 0 aliphatic carbocycles. The van der Waals surface area contributed by atoms with Gasteiger partial charge in [0.05, 0.1) is 6.54 Å². The van der Waals surface area contributed by atoms with Crippen molar-refractivity contribution < 1.29 is 9.32 Å². The van der Waals surface area contributed by atoms with E-state index in [2.05, 4.69) is 20.8 Å². The molecule has 6 nitrogen and oxygen atoms in total. The number of aromatic nitrogens is 2. The fourth-order valence-electron chi connectivity index (χ4n) is 1.82. The first-order chi connectivity index (χ1) is 7.74. The van der Waals surface area contributed by atoms with Gasteiger partial charge in [-0.05, 0) is 19.4 Å². The van der Waals surface area contributed by atoms with Crippen LogP contribution in [0.2, 0.25) is 0 Å². The number of hydrogen-bond donors (Lipinski definition) is 2. The fourth-order valence-corrected chi connectivity index (χ4v) is 1.82. The Morgan fingerprint density at radius 3 is 3.06 bits per heavy atom. The van der Waals surface area contributed by atoms with Crippen molar-refractivity contribution in [2.75, 3.05) is 6.54 Å². The minimum Gasteiger partial charge on any atom is -0.349 e. The molecule has 0 aromatic carbocycles. The van der Waals surface area contributed by atoms with Gasteiger partial charge in [0.2, 0.25) is 11.8 Å². The maximum absolute atomic E-state index is 11.5. The van der Waals surface area contributed by atoms with Crippen LogP contribution in [0, 0.1) is 6.92 Å². The van der Waals surface area contributed by atoms with E-state index in [1.807, 2.05) is 0 Å². The highest BCUT2D eigenvalue weighted by Crippen LogP contribution is 2.08. The van der Waals surface area contributed by atoms with E-state index in [1.54, 1.807) is 6.92 Å². The van der Waals surface area contributed by atoms with Crippen LogP contribution in [0.3, 0.4) is 0 Å². The molecule has 17 heavy (non-hydrogen) atoms. The van der Waals surface area contributed by atoms with Gasteiger partial charge in [-0.25, -0.2) is 0 Å². The van der Waals surface area contributed by atoms with E-state index < -0.39 is 0 Å². The van der Waals surface area contributed by atoms with E-state index in [0.717, 1.165) is 19.4 Å². The van der Waals surface area contributed by atoms with E-state index in [9.17, 15) is 4.79 Å². The van der Waals surface area contributed by atoms with Crippen LogP contribution in [0.1, 0.15) is 31.0 Å². The quantitative estimate of drug-likeness (QED) is 0.827. The Morgan fingerprint density at radius 1 is 1.65 bits per heavy atom. The number of hydrogen-bond acceptors (Lipinski definition) is 5. The predicted molar refractivity (Wildman–Crippen MR) is 63.8 cm³/mol. The highest BCUT2D eigenvalue weighted by atomic mass is 35.5. The zero-order valence-electron chi connectivity index (χ0n) is 9.73. The van der Waals surface area contributed by atoms with Gasteiger partial charge in [0.25, 0.3) is 0 Å². The van der Waals surface area contributed by atoms with Crippen molar-refractivity contribution in [1.82, 2.24) is 20.8 Å². The Kier molecular flexibility index (Phi) is 5.37. The first-order valence-corrected chi connectivity index (χ1v) is 5.53. The van der Waals surface area contributed by atoms with Gasteiger partial charge < -0.3 is 15.2 Å². The summed E-state index contributed by atoms with van der Waals surface area (Å²) in [6.45, 7) is 3.08. The molecule has 1 saturated heterocycles. The van der Waals surface area contributed by atoms with Crippen LogP contribution in [0.5, 0.6) is 0 Å². The van der Waals surface area contributed by atoms with E-state index in [1.165, 1.54) is 0 Å². The van der Waals surface area contributed by atoms with Crippen molar-refractivity contribution in [2.24, 2.45) is 0 Å². The van der Waals surface area contributed by atoms with Gasteiger partial charge in [-0.1, -0.05) is 5.16 Å². The topological polar surface area (TPSA) is 80.0 Å². The lowest BCUT2D eigenvalue weighted by molar-refractivity contribution is -0.121. The number of halogens is 1. The SMILES string of the molecule is Cc1nc(CNC(=O)CC2CCCN2)no1.Cl. The summed E-state index contributed by atoms with van der Waals surface area (Å²) in [5, 5.41) is 9.76. The number of aryl methyl sites for hydroxylation is 1. The molecule has 1 fully saturated rings. The van der Waals surface area contributed by atoms with Crippen molar-refractivity contribution in [2.45, 2.75) is 38.8 Å². The second-order valence-electron chi connectivity index (χ2n) is 4.00. The van der Waals surface area contributed by atoms with Crippen LogP contribution < -0.4 is 10.6 Å². The highest BCUT2D eigenvalue weighted by Gasteiger charge is 2.17. The standard InChI is InChI=1S/C10H16N4O2.ClH/c1-7-13-9(14-16-7)6-12-10(15)5-8-3-2-4-11-8;/h8,11H,2-6H2,1H3,(H,12,15);1H. The van der Waals surface area contributed by atoms with Crippen molar-refractivity contribution in [3.63, 3.8) is 0 Å². The molecule has 96 valence electrons. The Bertz CT molecular complexity index is 363. The lowest BCUT2D eigenvalue weighted by Gasteiger charge is -2.08. The van der Waals surface area contributed by atoms with Crippen LogP contribution in [-0.4, -0.2) is 28.6 Å². The monoisotopic (exact) mass is 260 g/mol. The molecule has 0 bridgehead atoms. The van der Waals surface area contributed by atoms with Crippen LogP contribution in [-0.2, 0) is 11.3 Å². The Balaban J connectivity index is 0.00000144. The number of carbonyl (C=O) groups is 1. The fraction of sp³-hybridized carbons (Fsp3) is 0.700. The van der Waals surface area contributed by atoms with Gasteiger partial charge in [-0.3, -0.25) is 4.79 Å². The molecule has 0 radical (unpaired) electrons. The van der Waals surface area contributed by atoms with Gasteiger partial charge in [0.15, 0.2) is 5.82 Å². The first kappa shape index (κ1) is 13.9. The molecule has 2 heterocycles. The maximum Gasteiger partial charge on any atom is 0.223 e. The third-order valence-electron chi connectivity index (χ3n) is 2.61. The van der Waals surface area contributed by atoms with Gasteiger partial charge >= 0.3 is 0 Å². The smallest absolute Gasteiger partial charge is 0.223 e. The summed E-state index contributed by atoms with van der Waals surface area (Å²) < 4.78 is 4.81. The summed E-state index contributed by atoms with van der Waals surface area (Å²) >= 11 is 0. The maximum atomic E-state index is 11.5. The molecule has 1 aromatic heterocycles. The van der Waals surface area contributed by atoms with Crippen LogP contribution in [0.4, 0.5) is 0 Å². The molecule has 0 saturated carbocycles. The highest BCUT2D eigenvalue weighted by molar-refractivity contribution is 5.85. The van der Waals surface area contributed by atoms with Gasteiger partial charge in [0.1, 0.15) is 0 Å². The summed E-state index contributed by atoms with van der Waals surface area (Å²) in [6.07, 6.45) is 2.76. The van der Waals surface area contributed by atoms with Crippen LogP contribution in [0.25, 0.3) is 0 Å².